The van der Waals surface area contributed by atoms with Crippen molar-refractivity contribution in [2.45, 2.75) is 26.5 Å². The van der Waals surface area contributed by atoms with E-state index in [0.717, 1.165) is 21.7 Å². The molecular formula is C19H24N2O4S. The fourth-order valence-electron chi connectivity index (χ4n) is 2.65. The van der Waals surface area contributed by atoms with E-state index in [9.17, 15) is 13.2 Å². The third kappa shape index (κ3) is 5.06. The molecule has 0 aliphatic heterocycles. The van der Waals surface area contributed by atoms with Crippen LogP contribution in [0.1, 0.15) is 18.1 Å². The first-order valence-electron chi connectivity index (χ1n) is 8.17. The zero-order valence-electron chi connectivity index (χ0n) is 15.4. The standard InChI is InChI=1S/C19H24N2O4S/c1-14-8-10-18(11-9-14)21(26(4,23)24)15(2)19(22)20-17-7-5-6-16(12-17)13-25-3/h5-12,15H,13H2,1-4H3,(H,20,22). The lowest BCUT2D eigenvalue weighted by atomic mass is 10.2. The van der Waals surface area contributed by atoms with Gasteiger partial charge in [0.2, 0.25) is 15.9 Å². The molecule has 0 aliphatic carbocycles. The Morgan fingerprint density at radius 1 is 1.19 bits per heavy atom. The van der Waals surface area contributed by atoms with Crippen molar-refractivity contribution >= 4 is 27.3 Å². The maximum Gasteiger partial charge on any atom is 0.247 e. The molecule has 0 aromatic heterocycles. The summed E-state index contributed by atoms with van der Waals surface area (Å²) in [6, 6.07) is 13.3. The van der Waals surface area contributed by atoms with Gasteiger partial charge in [-0.15, -0.1) is 0 Å². The Hall–Kier alpha value is -2.38. The van der Waals surface area contributed by atoms with Crippen LogP contribution in [0.2, 0.25) is 0 Å². The van der Waals surface area contributed by atoms with Gasteiger partial charge in [0, 0.05) is 12.8 Å². The molecule has 0 radical (unpaired) electrons. The molecule has 1 unspecified atom stereocenters. The van der Waals surface area contributed by atoms with E-state index in [4.69, 9.17) is 4.74 Å². The number of carbonyl (C=O) groups excluding carboxylic acids is 1. The molecule has 26 heavy (non-hydrogen) atoms. The quantitative estimate of drug-likeness (QED) is 0.806. The second-order valence-electron chi connectivity index (χ2n) is 6.19. The Kier molecular flexibility index (Phi) is 6.39. The summed E-state index contributed by atoms with van der Waals surface area (Å²) in [7, 11) is -2.04. The van der Waals surface area contributed by atoms with Crippen LogP contribution in [0.3, 0.4) is 0 Å². The highest BCUT2D eigenvalue weighted by molar-refractivity contribution is 7.92. The topological polar surface area (TPSA) is 75.7 Å². The third-order valence-electron chi connectivity index (χ3n) is 3.88. The summed E-state index contributed by atoms with van der Waals surface area (Å²) in [5, 5.41) is 2.77. The number of carbonyl (C=O) groups is 1. The molecule has 0 aliphatic rings. The maximum absolute atomic E-state index is 12.7. The zero-order chi connectivity index (χ0) is 19.3. The Bertz CT molecular complexity index is 863. The molecule has 0 bridgehead atoms. The molecular weight excluding hydrogens is 352 g/mol. The summed E-state index contributed by atoms with van der Waals surface area (Å²) in [6.45, 7) is 3.91. The van der Waals surface area contributed by atoms with Gasteiger partial charge in [-0.1, -0.05) is 29.8 Å². The van der Waals surface area contributed by atoms with Crippen LogP contribution < -0.4 is 9.62 Å². The Morgan fingerprint density at radius 2 is 1.85 bits per heavy atom. The average Bonchev–Trinajstić information content (AvgIpc) is 2.56. The van der Waals surface area contributed by atoms with Gasteiger partial charge < -0.3 is 10.1 Å². The summed E-state index contributed by atoms with van der Waals surface area (Å²) in [5.74, 6) is -0.412. The van der Waals surface area contributed by atoms with Gasteiger partial charge in [-0.2, -0.15) is 0 Å². The minimum absolute atomic E-state index is 0.412. The number of methoxy groups -OCH3 is 1. The van der Waals surface area contributed by atoms with Crippen molar-refractivity contribution in [3.63, 3.8) is 0 Å². The largest absolute Gasteiger partial charge is 0.380 e. The molecule has 7 heteroatoms. The predicted molar refractivity (Wildman–Crippen MR) is 104 cm³/mol. The van der Waals surface area contributed by atoms with Gasteiger partial charge in [0.25, 0.3) is 0 Å². The van der Waals surface area contributed by atoms with Crippen molar-refractivity contribution in [3.05, 3.63) is 59.7 Å². The minimum Gasteiger partial charge on any atom is -0.380 e. The van der Waals surface area contributed by atoms with E-state index in [0.29, 0.717) is 18.0 Å². The van der Waals surface area contributed by atoms with Crippen LogP contribution >= 0.6 is 0 Å². The average molecular weight is 376 g/mol. The molecule has 0 saturated heterocycles. The van der Waals surface area contributed by atoms with Crippen molar-refractivity contribution in [2.75, 3.05) is 23.0 Å². The van der Waals surface area contributed by atoms with E-state index in [1.165, 1.54) is 0 Å². The molecule has 6 nitrogen and oxygen atoms in total. The van der Waals surface area contributed by atoms with Crippen LogP contribution in [0.15, 0.2) is 48.5 Å². The lowest BCUT2D eigenvalue weighted by molar-refractivity contribution is -0.116. The normalized spacial score (nSPS) is 12.5. The van der Waals surface area contributed by atoms with Gasteiger partial charge in [0.15, 0.2) is 0 Å². The summed E-state index contributed by atoms with van der Waals surface area (Å²) in [5.41, 5.74) is 2.97. The van der Waals surface area contributed by atoms with Crippen LogP contribution in [0, 0.1) is 6.92 Å². The summed E-state index contributed by atoms with van der Waals surface area (Å²) < 4.78 is 30.8. The smallest absolute Gasteiger partial charge is 0.247 e. The number of nitrogens with one attached hydrogen (secondary N) is 1. The number of hydrogen-bond donors (Lipinski definition) is 1. The van der Waals surface area contributed by atoms with Crippen LogP contribution in [0.5, 0.6) is 0 Å². The Balaban J connectivity index is 2.25. The first-order chi connectivity index (χ1) is 12.2. The molecule has 0 heterocycles. The van der Waals surface area contributed by atoms with Crippen molar-refractivity contribution in [1.82, 2.24) is 0 Å². The number of rotatable bonds is 7. The zero-order valence-corrected chi connectivity index (χ0v) is 16.2. The van der Waals surface area contributed by atoms with Gasteiger partial charge in [0.05, 0.1) is 18.6 Å². The molecule has 0 spiro atoms. The minimum atomic E-state index is -3.63. The highest BCUT2D eigenvalue weighted by atomic mass is 32.2. The van der Waals surface area contributed by atoms with E-state index in [1.54, 1.807) is 38.3 Å². The van der Waals surface area contributed by atoms with Gasteiger partial charge in [0.1, 0.15) is 6.04 Å². The summed E-state index contributed by atoms with van der Waals surface area (Å²) >= 11 is 0. The van der Waals surface area contributed by atoms with E-state index < -0.39 is 22.0 Å². The van der Waals surface area contributed by atoms with E-state index >= 15 is 0 Å². The Morgan fingerprint density at radius 3 is 2.42 bits per heavy atom. The van der Waals surface area contributed by atoms with Crippen molar-refractivity contribution < 1.29 is 17.9 Å². The molecule has 1 amide bonds. The number of sulfonamides is 1. The lowest BCUT2D eigenvalue weighted by Crippen LogP contribution is -2.45. The highest BCUT2D eigenvalue weighted by Crippen LogP contribution is 2.22. The van der Waals surface area contributed by atoms with Crippen molar-refractivity contribution in [1.29, 1.82) is 0 Å². The van der Waals surface area contributed by atoms with Crippen molar-refractivity contribution in [3.8, 4) is 0 Å². The highest BCUT2D eigenvalue weighted by Gasteiger charge is 2.29. The fraction of sp³-hybridized carbons (Fsp3) is 0.316. The number of nitrogens with zero attached hydrogens (tertiary/aromatic N) is 1. The van der Waals surface area contributed by atoms with Crippen LogP contribution in [0.25, 0.3) is 0 Å². The van der Waals surface area contributed by atoms with Crippen molar-refractivity contribution in [2.24, 2.45) is 0 Å². The van der Waals surface area contributed by atoms with E-state index in [1.807, 2.05) is 31.2 Å². The van der Waals surface area contributed by atoms with Gasteiger partial charge in [-0.3, -0.25) is 9.10 Å². The molecule has 0 fully saturated rings. The molecule has 2 rings (SSSR count). The van der Waals surface area contributed by atoms with Crippen LogP contribution in [0.4, 0.5) is 11.4 Å². The SMILES string of the molecule is COCc1cccc(NC(=O)C(C)N(c2ccc(C)cc2)S(C)(=O)=O)c1. The van der Waals surface area contributed by atoms with E-state index in [-0.39, 0.29) is 0 Å². The Labute approximate surface area is 154 Å². The maximum atomic E-state index is 12.7. The fourth-order valence-corrected chi connectivity index (χ4v) is 3.83. The monoisotopic (exact) mass is 376 g/mol. The van der Waals surface area contributed by atoms with Crippen LogP contribution in [-0.2, 0) is 26.2 Å². The summed E-state index contributed by atoms with van der Waals surface area (Å²) in [6.07, 6.45) is 1.09. The number of hydrogen-bond acceptors (Lipinski definition) is 4. The second kappa shape index (κ2) is 8.33. The molecule has 1 atom stereocenters. The van der Waals surface area contributed by atoms with E-state index in [2.05, 4.69) is 5.32 Å². The molecule has 1 N–H and O–H groups in total. The first-order valence-corrected chi connectivity index (χ1v) is 10.0. The predicted octanol–water partition coefficient (Wildman–Crippen LogP) is 2.93. The third-order valence-corrected chi connectivity index (χ3v) is 5.12. The second-order valence-corrected chi connectivity index (χ2v) is 8.05. The number of aryl methyl sites for hydroxylation is 1. The number of benzene rings is 2. The van der Waals surface area contributed by atoms with Crippen LogP contribution in [-0.4, -0.2) is 33.7 Å². The molecule has 140 valence electrons. The van der Waals surface area contributed by atoms with Gasteiger partial charge in [-0.25, -0.2) is 8.42 Å². The van der Waals surface area contributed by atoms with Gasteiger partial charge in [-0.05, 0) is 43.7 Å². The summed E-state index contributed by atoms with van der Waals surface area (Å²) in [4.78, 5) is 12.7. The number of ether oxygens (including phenoxy) is 1. The molecule has 2 aromatic rings. The lowest BCUT2D eigenvalue weighted by Gasteiger charge is -2.28. The first kappa shape index (κ1) is 19.9. The molecule has 2 aromatic carbocycles. The van der Waals surface area contributed by atoms with Gasteiger partial charge >= 0.3 is 0 Å². The number of anilines is 2. The number of amides is 1. The molecule has 0 saturated carbocycles.